The Balaban J connectivity index is 1.28. The Kier molecular flexibility index (Phi) is 5.56. The molecule has 1 aromatic heterocycles. The summed E-state index contributed by atoms with van der Waals surface area (Å²) in [7, 11) is 1.65. The summed E-state index contributed by atoms with van der Waals surface area (Å²) in [6.07, 6.45) is 3.63. The Morgan fingerprint density at radius 3 is 2.76 bits per heavy atom. The van der Waals surface area contributed by atoms with Crippen molar-refractivity contribution in [3.8, 4) is 11.5 Å². The van der Waals surface area contributed by atoms with Gasteiger partial charge in [0.15, 0.2) is 6.61 Å². The molecule has 0 radical (unpaired) electrons. The SMILES string of the molecule is COc1ccc2[nH]cc(C3CCN(C(=O)CN4C(=O)COc5ccc([N+](=O)[O-])cc54)CC3)c2c1. The van der Waals surface area contributed by atoms with Crippen LogP contribution in [0.5, 0.6) is 11.5 Å². The quantitative estimate of drug-likeness (QED) is 0.458. The molecule has 1 fully saturated rings. The average Bonchev–Trinajstić information content (AvgIpc) is 3.28. The number of nitrogens with one attached hydrogen (secondary N) is 1. The first kappa shape index (κ1) is 21.7. The van der Waals surface area contributed by atoms with E-state index in [9.17, 15) is 19.7 Å². The number of nitro groups is 1. The van der Waals surface area contributed by atoms with E-state index in [1.165, 1.54) is 28.7 Å². The second-order valence-corrected chi connectivity index (χ2v) is 8.49. The standard InChI is InChI=1S/C24H24N4O6/c1-33-17-3-4-20-18(11-17)19(12-25-20)15-6-8-26(9-7-15)23(29)13-27-21-10-16(28(31)32)2-5-22(21)34-14-24(27)30/h2-5,10-12,15,25H,6-9,13-14H2,1H3. The number of anilines is 1. The number of aromatic amines is 1. The Hall–Kier alpha value is -4.08. The zero-order chi connectivity index (χ0) is 23.8. The van der Waals surface area contributed by atoms with Crippen molar-refractivity contribution in [2.24, 2.45) is 0 Å². The van der Waals surface area contributed by atoms with E-state index in [1.807, 2.05) is 24.4 Å². The first-order valence-corrected chi connectivity index (χ1v) is 11.1. The summed E-state index contributed by atoms with van der Waals surface area (Å²) in [5.74, 6) is 0.872. The number of carbonyl (C=O) groups is 2. The Morgan fingerprint density at radius 2 is 2.03 bits per heavy atom. The van der Waals surface area contributed by atoms with Crippen LogP contribution in [0, 0.1) is 10.1 Å². The van der Waals surface area contributed by atoms with Crippen molar-refractivity contribution in [1.29, 1.82) is 0 Å². The molecule has 34 heavy (non-hydrogen) atoms. The fourth-order valence-corrected chi connectivity index (χ4v) is 4.74. The summed E-state index contributed by atoms with van der Waals surface area (Å²) >= 11 is 0. The van der Waals surface area contributed by atoms with Crippen molar-refractivity contribution in [3.63, 3.8) is 0 Å². The molecule has 0 spiro atoms. The summed E-state index contributed by atoms with van der Waals surface area (Å²) in [6, 6.07) is 10.00. The van der Waals surface area contributed by atoms with Crippen LogP contribution in [0.4, 0.5) is 11.4 Å². The maximum absolute atomic E-state index is 13.1. The van der Waals surface area contributed by atoms with Gasteiger partial charge in [-0.15, -0.1) is 0 Å². The summed E-state index contributed by atoms with van der Waals surface area (Å²) in [6.45, 7) is 0.760. The molecule has 0 bridgehead atoms. The van der Waals surface area contributed by atoms with E-state index in [4.69, 9.17) is 9.47 Å². The number of likely N-dealkylation sites (tertiary alicyclic amines) is 1. The number of ether oxygens (including phenoxy) is 2. The van der Waals surface area contributed by atoms with Gasteiger partial charge in [0.25, 0.3) is 11.6 Å². The summed E-state index contributed by atoms with van der Waals surface area (Å²) in [4.78, 5) is 42.5. The van der Waals surface area contributed by atoms with Crippen molar-refractivity contribution >= 4 is 34.1 Å². The number of nitro benzene ring substituents is 1. The van der Waals surface area contributed by atoms with Crippen LogP contribution >= 0.6 is 0 Å². The van der Waals surface area contributed by atoms with Crippen molar-refractivity contribution in [1.82, 2.24) is 9.88 Å². The minimum Gasteiger partial charge on any atom is -0.497 e. The minimum atomic E-state index is -0.537. The lowest BCUT2D eigenvalue weighted by molar-refractivity contribution is -0.384. The number of methoxy groups -OCH3 is 1. The van der Waals surface area contributed by atoms with Crippen LogP contribution in [0.25, 0.3) is 10.9 Å². The zero-order valence-corrected chi connectivity index (χ0v) is 18.7. The highest BCUT2D eigenvalue weighted by Crippen LogP contribution is 2.37. The van der Waals surface area contributed by atoms with Gasteiger partial charge in [0.1, 0.15) is 18.0 Å². The van der Waals surface area contributed by atoms with Crippen LogP contribution in [-0.2, 0) is 9.59 Å². The minimum absolute atomic E-state index is 0.161. The van der Waals surface area contributed by atoms with E-state index in [0.717, 1.165) is 29.5 Å². The molecule has 10 nitrogen and oxygen atoms in total. The van der Waals surface area contributed by atoms with Crippen LogP contribution in [0.15, 0.2) is 42.6 Å². The topological polar surface area (TPSA) is 118 Å². The molecule has 176 valence electrons. The molecule has 0 aliphatic carbocycles. The molecule has 2 aromatic carbocycles. The highest BCUT2D eigenvalue weighted by atomic mass is 16.6. The van der Waals surface area contributed by atoms with Gasteiger partial charge in [-0.05, 0) is 48.6 Å². The van der Waals surface area contributed by atoms with Gasteiger partial charge < -0.3 is 19.4 Å². The summed E-state index contributed by atoms with van der Waals surface area (Å²) in [5.41, 5.74) is 2.35. The summed E-state index contributed by atoms with van der Waals surface area (Å²) in [5, 5.41) is 12.3. The first-order valence-electron chi connectivity index (χ1n) is 11.1. The maximum Gasteiger partial charge on any atom is 0.271 e. The lowest BCUT2D eigenvalue weighted by Crippen LogP contribution is -2.48. The number of nitrogens with zero attached hydrogens (tertiary/aromatic N) is 3. The van der Waals surface area contributed by atoms with Crippen molar-refractivity contribution in [3.05, 3.63) is 58.3 Å². The molecule has 0 atom stereocenters. The third kappa shape index (κ3) is 3.91. The molecule has 0 saturated carbocycles. The largest absolute Gasteiger partial charge is 0.497 e. The number of non-ortho nitro benzene ring substituents is 1. The van der Waals surface area contributed by atoms with E-state index in [1.54, 1.807) is 12.0 Å². The molecule has 1 saturated heterocycles. The van der Waals surface area contributed by atoms with Crippen LogP contribution < -0.4 is 14.4 Å². The van der Waals surface area contributed by atoms with Gasteiger partial charge in [-0.25, -0.2) is 0 Å². The molecule has 2 aliphatic rings. The molecule has 0 unspecified atom stereocenters. The molecule has 3 aromatic rings. The first-order chi connectivity index (χ1) is 16.4. The number of hydrogen-bond acceptors (Lipinski definition) is 6. The van der Waals surface area contributed by atoms with E-state index >= 15 is 0 Å². The monoisotopic (exact) mass is 464 g/mol. The lowest BCUT2D eigenvalue weighted by Gasteiger charge is -2.35. The highest BCUT2D eigenvalue weighted by Gasteiger charge is 2.32. The fourth-order valence-electron chi connectivity index (χ4n) is 4.74. The van der Waals surface area contributed by atoms with Gasteiger partial charge in [-0.2, -0.15) is 0 Å². The number of aromatic nitrogens is 1. The highest BCUT2D eigenvalue weighted by molar-refractivity contribution is 6.02. The van der Waals surface area contributed by atoms with Gasteiger partial charge in [0.05, 0.1) is 17.7 Å². The maximum atomic E-state index is 13.1. The van der Waals surface area contributed by atoms with Gasteiger partial charge in [-0.1, -0.05) is 0 Å². The van der Waals surface area contributed by atoms with Gasteiger partial charge >= 0.3 is 0 Å². The molecule has 10 heteroatoms. The molecule has 2 aliphatic heterocycles. The number of carbonyl (C=O) groups excluding carboxylic acids is 2. The number of hydrogen-bond donors (Lipinski definition) is 1. The third-order valence-electron chi connectivity index (χ3n) is 6.60. The smallest absolute Gasteiger partial charge is 0.271 e. The van der Waals surface area contributed by atoms with Crippen LogP contribution in [-0.4, -0.2) is 60.0 Å². The van der Waals surface area contributed by atoms with Gasteiger partial charge in [0.2, 0.25) is 5.91 Å². The number of piperidine rings is 1. The molecular weight excluding hydrogens is 440 g/mol. The fraction of sp³-hybridized carbons (Fsp3) is 0.333. The Labute approximate surface area is 195 Å². The van der Waals surface area contributed by atoms with E-state index < -0.39 is 10.8 Å². The molecule has 1 N–H and O–H groups in total. The number of amides is 2. The Bertz CT molecular complexity index is 1280. The molecule has 3 heterocycles. The van der Waals surface area contributed by atoms with E-state index in [0.29, 0.717) is 24.8 Å². The van der Waals surface area contributed by atoms with E-state index in [-0.39, 0.29) is 30.4 Å². The third-order valence-corrected chi connectivity index (χ3v) is 6.60. The number of H-pyrrole nitrogens is 1. The number of benzene rings is 2. The van der Waals surface area contributed by atoms with Crippen molar-refractivity contribution in [2.75, 3.05) is 38.3 Å². The molecular formula is C24H24N4O6. The molecule has 5 rings (SSSR count). The average molecular weight is 464 g/mol. The normalized spacial score (nSPS) is 16.3. The van der Waals surface area contributed by atoms with Crippen LogP contribution in [0.1, 0.15) is 24.3 Å². The van der Waals surface area contributed by atoms with Crippen molar-refractivity contribution in [2.45, 2.75) is 18.8 Å². The number of rotatable bonds is 5. The second-order valence-electron chi connectivity index (χ2n) is 8.49. The van der Waals surface area contributed by atoms with Crippen molar-refractivity contribution < 1.29 is 24.0 Å². The zero-order valence-electron chi connectivity index (χ0n) is 18.7. The Morgan fingerprint density at radius 1 is 1.24 bits per heavy atom. The lowest BCUT2D eigenvalue weighted by atomic mass is 9.89. The van der Waals surface area contributed by atoms with E-state index in [2.05, 4.69) is 4.98 Å². The van der Waals surface area contributed by atoms with Crippen LogP contribution in [0.2, 0.25) is 0 Å². The number of fused-ring (bicyclic) bond motifs is 2. The van der Waals surface area contributed by atoms with Gasteiger partial charge in [-0.3, -0.25) is 24.6 Å². The summed E-state index contributed by atoms with van der Waals surface area (Å²) < 4.78 is 10.7. The molecule has 2 amide bonds. The second kappa shape index (κ2) is 8.69. The predicted molar refractivity (Wildman–Crippen MR) is 124 cm³/mol. The predicted octanol–water partition coefficient (Wildman–Crippen LogP) is 3.22. The van der Waals surface area contributed by atoms with Crippen LogP contribution in [0.3, 0.4) is 0 Å². The van der Waals surface area contributed by atoms with Gasteiger partial charge in [0, 0.05) is 42.3 Å².